The van der Waals surface area contributed by atoms with E-state index in [2.05, 4.69) is 24.4 Å². The summed E-state index contributed by atoms with van der Waals surface area (Å²) in [6, 6.07) is 17.7. The van der Waals surface area contributed by atoms with Gasteiger partial charge in [0.05, 0.1) is 7.11 Å². The third kappa shape index (κ3) is 5.06. The predicted octanol–water partition coefficient (Wildman–Crippen LogP) is 2.79. The molecule has 2 aromatic rings. The summed E-state index contributed by atoms with van der Waals surface area (Å²) >= 11 is 0. The summed E-state index contributed by atoms with van der Waals surface area (Å²) in [7, 11) is 1.61. The highest BCUT2D eigenvalue weighted by Crippen LogP contribution is 2.19. The van der Waals surface area contributed by atoms with Crippen LogP contribution in [0, 0.1) is 0 Å². The second-order valence-corrected chi connectivity index (χ2v) is 5.18. The zero-order valence-electron chi connectivity index (χ0n) is 13.0. The first-order valence-corrected chi connectivity index (χ1v) is 7.42. The van der Waals surface area contributed by atoms with Crippen molar-refractivity contribution in [3.05, 3.63) is 60.2 Å². The molecular weight excluding hydrogens is 278 g/mol. The van der Waals surface area contributed by atoms with E-state index in [1.807, 2.05) is 36.4 Å². The SMILES string of the molecule is COc1cccc(OC[C@H](O)CN[C@H](C)c2ccccc2)c1. The number of benzene rings is 2. The molecular formula is C18H23NO3. The van der Waals surface area contributed by atoms with Gasteiger partial charge in [0.1, 0.15) is 24.2 Å². The van der Waals surface area contributed by atoms with Gasteiger partial charge in [-0.25, -0.2) is 0 Å². The Bertz CT molecular complexity index is 559. The van der Waals surface area contributed by atoms with Crippen LogP contribution in [-0.4, -0.2) is 31.5 Å². The van der Waals surface area contributed by atoms with Crippen molar-refractivity contribution in [3.8, 4) is 11.5 Å². The van der Waals surface area contributed by atoms with Gasteiger partial charge in [-0.1, -0.05) is 36.4 Å². The van der Waals surface area contributed by atoms with Crippen LogP contribution in [0.1, 0.15) is 18.5 Å². The molecule has 0 spiro atoms. The molecule has 118 valence electrons. The molecule has 0 fully saturated rings. The lowest BCUT2D eigenvalue weighted by Gasteiger charge is -2.18. The molecule has 0 aliphatic heterocycles. The highest BCUT2D eigenvalue weighted by molar-refractivity contribution is 5.32. The van der Waals surface area contributed by atoms with Gasteiger partial charge in [-0.3, -0.25) is 0 Å². The van der Waals surface area contributed by atoms with E-state index >= 15 is 0 Å². The minimum Gasteiger partial charge on any atom is -0.497 e. The van der Waals surface area contributed by atoms with Gasteiger partial charge in [-0.2, -0.15) is 0 Å². The molecule has 2 aromatic carbocycles. The van der Waals surface area contributed by atoms with Crippen LogP contribution in [0.4, 0.5) is 0 Å². The van der Waals surface area contributed by atoms with Crippen molar-refractivity contribution in [2.45, 2.75) is 19.1 Å². The fourth-order valence-electron chi connectivity index (χ4n) is 2.11. The largest absolute Gasteiger partial charge is 0.497 e. The highest BCUT2D eigenvalue weighted by Gasteiger charge is 2.09. The second-order valence-electron chi connectivity index (χ2n) is 5.18. The fraction of sp³-hybridized carbons (Fsp3) is 0.333. The number of ether oxygens (including phenoxy) is 2. The zero-order valence-corrected chi connectivity index (χ0v) is 13.0. The maximum Gasteiger partial charge on any atom is 0.123 e. The Morgan fingerprint density at radius 2 is 1.77 bits per heavy atom. The molecule has 0 aliphatic rings. The summed E-state index contributed by atoms with van der Waals surface area (Å²) in [6.07, 6.45) is -0.572. The maximum atomic E-state index is 10.0. The molecule has 0 aliphatic carbocycles. The van der Waals surface area contributed by atoms with Gasteiger partial charge in [0.15, 0.2) is 0 Å². The van der Waals surface area contributed by atoms with Crippen molar-refractivity contribution < 1.29 is 14.6 Å². The van der Waals surface area contributed by atoms with E-state index in [0.717, 1.165) is 5.75 Å². The lowest BCUT2D eigenvalue weighted by Crippen LogP contribution is -2.33. The number of methoxy groups -OCH3 is 1. The molecule has 2 N–H and O–H groups in total. The summed E-state index contributed by atoms with van der Waals surface area (Å²) in [4.78, 5) is 0. The van der Waals surface area contributed by atoms with E-state index < -0.39 is 6.10 Å². The Labute approximate surface area is 131 Å². The van der Waals surface area contributed by atoms with Gasteiger partial charge in [0.2, 0.25) is 0 Å². The van der Waals surface area contributed by atoms with Gasteiger partial charge in [0, 0.05) is 18.7 Å². The maximum absolute atomic E-state index is 10.0. The van der Waals surface area contributed by atoms with E-state index in [-0.39, 0.29) is 12.6 Å². The molecule has 0 saturated carbocycles. The lowest BCUT2D eigenvalue weighted by atomic mass is 10.1. The van der Waals surface area contributed by atoms with Crippen molar-refractivity contribution >= 4 is 0 Å². The van der Waals surface area contributed by atoms with Crippen molar-refractivity contribution in [2.24, 2.45) is 0 Å². The molecule has 0 aromatic heterocycles. The molecule has 2 atom stereocenters. The normalized spacial score (nSPS) is 13.4. The van der Waals surface area contributed by atoms with Crippen LogP contribution in [-0.2, 0) is 0 Å². The Morgan fingerprint density at radius 1 is 1.05 bits per heavy atom. The molecule has 2 rings (SSSR count). The molecule has 4 nitrogen and oxygen atoms in total. The first kappa shape index (κ1) is 16.3. The first-order valence-electron chi connectivity index (χ1n) is 7.42. The molecule has 0 amide bonds. The average molecular weight is 301 g/mol. The molecule has 0 radical (unpaired) electrons. The summed E-state index contributed by atoms with van der Waals surface area (Å²) < 4.78 is 10.7. The van der Waals surface area contributed by atoms with Gasteiger partial charge in [0.25, 0.3) is 0 Å². The van der Waals surface area contributed by atoms with E-state index in [1.165, 1.54) is 5.56 Å². The standard InChI is InChI=1S/C18H23NO3/c1-14(15-7-4-3-5-8-15)19-12-16(20)13-22-18-10-6-9-17(11-18)21-2/h3-11,14,16,19-20H,12-13H2,1-2H3/t14-,16-/m1/s1. The van der Waals surface area contributed by atoms with E-state index in [9.17, 15) is 5.11 Å². The Balaban J connectivity index is 1.74. The van der Waals surface area contributed by atoms with Crippen LogP contribution < -0.4 is 14.8 Å². The summed E-state index contributed by atoms with van der Waals surface area (Å²) in [5.74, 6) is 1.43. The van der Waals surface area contributed by atoms with Gasteiger partial charge < -0.3 is 19.9 Å². The third-order valence-corrected chi connectivity index (χ3v) is 3.44. The first-order chi connectivity index (χ1) is 10.7. The van der Waals surface area contributed by atoms with Crippen LogP contribution >= 0.6 is 0 Å². The zero-order chi connectivity index (χ0) is 15.8. The van der Waals surface area contributed by atoms with Crippen LogP contribution in [0.15, 0.2) is 54.6 Å². The third-order valence-electron chi connectivity index (χ3n) is 3.44. The number of hydrogen-bond donors (Lipinski definition) is 2. The summed E-state index contributed by atoms with van der Waals surface area (Å²) in [5.41, 5.74) is 1.20. The Morgan fingerprint density at radius 3 is 2.50 bits per heavy atom. The molecule has 0 saturated heterocycles. The molecule has 0 bridgehead atoms. The number of rotatable bonds is 8. The van der Waals surface area contributed by atoms with Gasteiger partial charge in [-0.05, 0) is 24.6 Å². The average Bonchev–Trinajstić information content (AvgIpc) is 2.58. The van der Waals surface area contributed by atoms with Crippen LogP contribution in [0.5, 0.6) is 11.5 Å². The lowest BCUT2D eigenvalue weighted by molar-refractivity contribution is 0.104. The molecule has 0 heterocycles. The van der Waals surface area contributed by atoms with Crippen molar-refractivity contribution in [1.82, 2.24) is 5.32 Å². The van der Waals surface area contributed by atoms with Gasteiger partial charge in [-0.15, -0.1) is 0 Å². The number of aliphatic hydroxyl groups is 1. The smallest absolute Gasteiger partial charge is 0.123 e. The van der Waals surface area contributed by atoms with E-state index in [0.29, 0.717) is 12.3 Å². The topological polar surface area (TPSA) is 50.7 Å². The summed E-state index contributed by atoms with van der Waals surface area (Å²) in [5, 5.41) is 13.3. The van der Waals surface area contributed by atoms with E-state index in [4.69, 9.17) is 9.47 Å². The van der Waals surface area contributed by atoms with E-state index in [1.54, 1.807) is 13.2 Å². The van der Waals surface area contributed by atoms with Crippen LogP contribution in [0.25, 0.3) is 0 Å². The predicted molar refractivity (Wildman–Crippen MR) is 87.4 cm³/mol. The number of aliphatic hydroxyl groups excluding tert-OH is 1. The minimum atomic E-state index is -0.572. The second kappa shape index (κ2) is 8.41. The number of hydrogen-bond acceptors (Lipinski definition) is 4. The Kier molecular flexibility index (Phi) is 6.25. The van der Waals surface area contributed by atoms with Gasteiger partial charge >= 0.3 is 0 Å². The fourth-order valence-corrected chi connectivity index (χ4v) is 2.11. The Hall–Kier alpha value is -2.04. The minimum absolute atomic E-state index is 0.188. The molecule has 22 heavy (non-hydrogen) atoms. The van der Waals surface area contributed by atoms with Crippen LogP contribution in [0.3, 0.4) is 0 Å². The number of nitrogens with one attached hydrogen (secondary N) is 1. The van der Waals surface area contributed by atoms with Crippen molar-refractivity contribution in [3.63, 3.8) is 0 Å². The van der Waals surface area contributed by atoms with Crippen molar-refractivity contribution in [2.75, 3.05) is 20.3 Å². The monoisotopic (exact) mass is 301 g/mol. The summed E-state index contributed by atoms with van der Waals surface area (Å²) in [6.45, 7) is 2.78. The molecule has 0 unspecified atom stereocenters. The quantitative estimate of drug-likeness (QED) is 0.787. The highest BCUT2D eigenvalue weighted by atomic mass is 16.5. The van der Waals surface area contributed by atoms with Crippen molar-refractivity contribution in [1.29, 1.82) is 0 Å². The molecule has 4 heteroatoms. The van der Waals surface area contributed by atoms with Crippen LogP contribution in [0.2, 0.25) is 0 Å².